The van der Waals surface area contributed by atoms with Gasteiger partial charge in [0.05, 0.1) is 3.26 Å². The lowest BCUT2D eigenvalue weighted by atomic mass is 10.3. The molecule has 0 fully saturated rings. The van der Waals surface area contributed by atoms with Gasteiger partial charge in [0, 0.05) is 0 Å². The van der Waals surface area contributed by atoms with E-state index in [1.807, 2.05) is 22.6 Å². The van der Waals surface area contributed by atoms with Crippen LogP contribution in [-0.4, -0.2) is 16.4 Å². The van der Waals surface area contributed by atoms with Gasteiger partial charge in [-0.25, -0.2) is 0 Å². The third kappa shape index (κ3) is 6.29. The second-order valence-corrected chi connectivity index (χ2v) is 6.37. The lowest BCUT2D eigenvalue weighted by Crippen LogP contribution is -2.05. The fourth-order valence-electron chi connectivity index (χ4n) is 0.496. The maximum atomic E-state index is 10.3. The maximum absolute atomic E-state index is 10.3. The van der Waals surface area contributed by atoms with Crippen LogP contribution in [-0.2, 0) is 11.1 Å². The topological polar surface area (TPSA) is 40.1 Å². The van der Waals surface area contributed by atoms with Crippen LogP contribution < -0.4 is 0 Å². The summed E-state index contributed by atoms with van der Waals surface area (Å²) >= 11 is 2.37. The number of unbranched alkanes of at least 4 members (excludes halogenated alkanes) is 1. The SMILES string of the molecule is O=S([O-])[C@H](I)CCCCI. The number of rotatable bonds is 5. The first-order valence-corrected chi connectivity index (χ1v) is 6.87. The van der Waals surface area contributed by atoms with Gasteiger partial charge in [-0.15, -0.1) is 0 Å². The first-order chi connectivity index (χ1) is 4.68. The summed E-state index contributed by atoms with van der Waals surface area (Å²) in [4.78, 5) is 0. The van der Waals surface area contributed by atoms with E-state index in [-0.39, 0.29) is 3.26 Å². The zero-order valence-electron chi connectivity index (χ0n) is 5.39. The van der Waals surface area contributed by atoms with Gasteiger partial charge in [0.2, 0.25) is 0 Å². The molecule has 0 amide bonds. The molecule has 0 aliphatic carbocycles. The molecule has 2 atom stereocenters. The van der Waals surface area contributed by atoms with E-state index >= 15 is 0 Å². The standard InChI is InChI=1S/C5H10I2O2S/c6-4-2-1-3-5(7)10(8)9/h5H,1-4H2,(H,8,9)/p-1/t5-/m0/s1. The average molecular weight is 387 g/mol. The Morgan fingerprint density at radius 3 is 2.50 bits per heavy atom. The molecule has 0 aromatic carbocycles. The van der Waals surface area contributed by atoms with Gasteiger partial charge in [0.1, 0.15) is 0 Å². The minimum Gasteiger partial charge on any atom is -0.772 e. The molecular formula is C5H9I2O2S-. The molecule has 0 bridgehead atoms. The van der Waals surface area contributed by atoms with Gasteiger partial charge in [-0.05, 0) is 28.3 Å². The summed E-state index contributed by atoms with van der Waals surface area (Å²) in [5.41, 5.74) is 0. The molecule has 0 radical (unpaired) electrons. The molecule has 0 aliphatic rings. The van der Waals surface area contributed by atoms with E-state index in [1.165, 1.54) is 0 Å². The van der Waals surface area contributed by atoms with Crippen molar-refractivity contribution in [3.8, 4) is 0 Å². The monoisotopic (exact) mass is 387 g/mol. The molecule has 0 aromatic heterocycles. The summed E-state index contributed by atoms with van der Waals surface area (Å²) in [6.07, 6.45) is 2.93. The Morgan fingerprint density at radius 1 is 1.50 bits per heavy atom. The minimum atomic E-state index is -1.88. The molecule has 0 aliphatic heterocycles. The maximum Gasteiger partial charge on any atom is 0.0731 e. The summed E-state index contributed by atoms with van der Waals surface area (Å²) in [6.45, 7) is 0. The smallest absolute Gasteiger partial charge is 0.0731 e. The van der Waals surface area contributed by atoms with Crippen LogP contribution in [0.15, 0.2) is 0 Å². The van der Waals surface area contributed by atoms with Crippen molar-refractivity contribution >= 4 is 56.3 Å². The van der Waals surface area contributed by atoms with E-state index in [0.29, 0.717) is 0 Å². The number of hydrogen-bond acceptors (Lipinski definition) is 2. The van der Waals surface area contributed by atoms with Gasteiger partial charge in [-0.3, -0.25) is 4.21 Å². The zero-order chi connectivity index (χ0) is 7.98. The van der Waals surface area contributed by atoms with E-state index < -0.39 is 11.1 Å². The van der Waals surface area contributed by atoms with E-state index in [4.69, 9.17) is 0 Å². The van der Waals surface area contributed by atoms with Crippen molar-refractivity contribution in [3.05, 3.63) is 0 Å². The van der Waals surface area contributed by atoms with Gasteiger partial charge in [0.15, 0.2) is 0 Å². The molecule has 62 valence electrons. The third-order valence-corrected chi connectivity index (χ3v) is 4.31. The van der Waals surface area contributed by atoms with Crippen LogP contribution in [0.25, 0.3) is 0 Å². The van der Waals surface area contributed by atoms with Crippen LogP contribution in [0.1, 0.15) is 19.3 Å². The van der Waals surface area contributed by atoms with Gasteiger partial charge in [-0.1, -0.05) is 51.6 Å². The van der Waals surface area contributed by atoms with Crippen LogP contribution in [0.4, 0.5) is 0 Å². The Morgan fingerprint density at radius 2 is 2.10 bits per heavy atom. The summed E-state index contributed by atoms with van der Waals surface area (Å²) in [5.74, 6) is 0. The van der Waals surface area contributed by atoms with Crippen LogP contribution >= 0.6 is 45.2 Å². The van der Waals surface area contributed by atoms with Crippen LogP contribution in [0.2, 0.25) is 0 Å². The lowest BCUT2D eigenvalue weighted by molar-refractivity contribution is 0.531. The molecule has 1 unspecified atom stereocenters. The molecule has 0 rings (SSSR count). The van der Waals surface area contributed by atoms with Crippen molar-refractivity contribution in [2.45, 2.75) is 22.5 Å². The minimum absolute atomic E-state index is 0.194. The summed E-state index contributed by atoms with van der Waals surface area (Å²) in [5, 5.41) is 0. The van der Waals surface area contributed by atoms with Gasteiger partial charge in [0.25, 0.3) is 0 Å². The summed E-state index contributed by atoms with van der Waals surface area (Å²) in [6, 6.07) is 0. The summed E-state index contributed by atoms with van der Waals surface area (Å²) < 4.78 is 21.5. The van der Waals surface area contributed by atoms with Gasteiger partial charge < -0.3 is 4.55 Å². The number of alkyl halides is 2. The fraction of sp³-hybridized carbons (Fsp3) is 1.00. The molecule has 0 aromatic rings. The van der Waals surface area contributed by atoms with Crippen molar-refractivity contribution in [1.82, 2.24) is 0 Å². The second kappa shape index (κ2) is 7.23. The van der Waals surface area contributed by atoms with Gasteiger partial charge in [-0.2, -0.15) is 0 Å². The first kappa shape index (κ1) is 11.6. The molecule has 2 nitrogen and oxygen atoms in total. The normalized spacial score (nSPS) is 16.7. The molecule has 0 saturated heterocycles. The van der Waals surface area contributed by atoms with Crippen molar-refractivity contribution in [2.75, 3.05) is 4.43 Å². The molecule has 0 saturated carbocycles. The highest BCUT2D eigenvalue weighted by Gasteiger charge is 2.01. The average Bonchev–Trinajstić information content (AvgIpc) is 1.88. The molecule has 10 heavy (non-hydrogen) atoms. The van der Waals surface area contributed by atoms with Crippen molar-refractivity contribution < 1.29 is 8.76 Å². The van der Waals surface area contributed by atoms with E-state index in [0.717, 1.165) is 23.7 Å². The van der Waals surface area contributed by atoms with Crippen molar-refractivity contribution in [2.24, 2.45) is 0 Å². The van der Waals surface area contributed by atoms with Crippen molar-refractivity contribution in [3.63, 3.8) is 0 Å². The number of hydrogen-bond donors (Lipinski definition) is 0. The first-order valence-electron chi connectivity index (χ1n) is 2.96. The van der Waals surface area contributed by atoms with Crippen LogP contribution in [0, 0.1) is 0 Å². The highest BCUT2D eigenvalue weighted by atomic mass is 127. The van der Waals surface area contributed by atoms with E-state index in [1.54, 1.807) is 0 Å². The quantitative estimate of drug-likeness (QED) is 0.314. The van der Waals surface area contributed by atoms with E-state index in [9.17, 15) is 8.76 Å². The van der Waals surface area contributed by atoms with Crippen molar-refractivity contribution in [1.29, 1.82) is 0 Å². The largest absolute Gasteiger partial charge is 0.772 e. The number of halogens is 2. The zero-order valence-corrected chi connectivity index (χ0v) is 10.5. The predicted molar refractivity (Wildman–Crippen MR) is 59.5 cm³/mol. The third-order valence-electron chi connectivity index (χ3n) is 1.02. The van der Waals surface area contributed by atoms with Gasteiger partial charge >= 0.3 is 0 Å². The fourth-order valence-corrected chi connectivity index (χ4v) is 1.83. The second-order valence-electron chi connectivity index (χ2n) is 1.86. The van der Waals surface area contributed by atoms with E-state index in [2.05, 4.69) is 22.6 Å². The lowest BCUT2D eigenvalue weighted by Gasteiger charge is -2.11. The molecule has 5 heteroatoms. The highest BCUT2D eigenvalue weighted by molar-refractivity contribution is 14.1. The Labute approximate surface area is 91.1 Å². The molecule has 0 spiro atoms. The summed E-state index contributed by atoms with van der Waals surface area (Å²) in [7, 11) is 0. The highest BCUT2D eigenvalue weighted by Crippen LogP contribution is 2.13. The Balaban J connectivity index is 3.21. The Hall–Kier alpha value is 1.57. The Bertz CT molecular complexity index is 110. The van der Waals surface area contributed by atoms with Crippen LogP contribution in [0.3, 0.4) is 0 Å². The molecule has 0 N–H and O–H groups in total. The molecular weight excluding hydrogens is 378 g/mol. The molecule has 0 heterocycles. The van der Waals surface area contributed by atoms with Crippen LogP contribution in [0.5, 0.6) is 0 Å². The predicted octanol–water partition coefficient (Wildman–Crippen LogP) is 2.23. The Kier molecular flexibility index (Phi) is 8.37.